The molecule has 2 aromatic rings. The van der Waals surface area contributed by atoms with Gasteiger partial charge in [0.25, 0.3) is 0 Å². The third kappa shape index (κ3) is 2.44. The van der Waals surface area contributed by atoms with Crippen molar-refractivity contribution in [1.29, 1.82) is 0 Å². The molecule has 98 valence electrons. The van der Waals surface area contributed by atoms with Crippen molar-refractivity contribution in [2.24, 2.45) is 7.05 Å². The van der Waals surface area contributed by atoms with Crippen LogP contribution >= 0.6 is 15.9 Å². The first kappa shape index (κ1) is 13.2. The van der Waals surface area contributed by atoms with E-state index in [4.69, 9.17) is 9.15 Å². The monoisotopic (exact) mass is 313 g/mol. The van der Waals surface area contributed by atoms with Gasteiger partial charge in [-0.1, -0.05) is 6.92 Å². The molecule has 0 aliphatic carbocycles. The van der Waals surface area contributed by atoms with Gasteiger partial charge in [0.15, 0.2) is 10.4 Å². The Hall–Kier alpha value is -1.27. The van der Waals surface area contributed by atoms with Crippen molar-refractivity contribution in [3.63, 3.8) is 0 Å². The minimum Gasteiger partial charge on any atom is -0.493 e. The zero-order valence-corrected chi connectivity index (χ0v) is 12.2. The van der Waals surface area contributed by atoms with Gasteiger partial charge in [-0.15, -0.1) is 0 Å². The summed E-state index contributed by atoms with van der Waals surface area (Å²) in [5.74, 6) is 1.57. The highest BCUT2D eigenvalue weighted by Crippen LogP contribution is 2.31. The van der Waals surface area contributed by atoms with E-state index in [0.29, 0.717) is 4.67 Å². The molecule has 0 amide bonds. The summed E-state index contributed by atoms with van der Waals surface area (Å²) in [6.07, 6.45) is 1.71. The maximum atomic E-state index is 5.63. The predicted octanol–water partition coefficient (Wildman–Crippen LogP) is 2.48. The van der Waals surface area contributed by atoms with E-state index in [1.807, 2.05) is 26.1 Å². The second kappa shape index (κ2) is 5.58. The van der Waals surface area contributed by atoms with Gasteiger partial charge in [0, 0.05) is 7.05 Å². The molecule has 2 aromatic heterocycles. The maximum absolute atomic E-state index is 5.63. The number of aromatic nitrogens is 2. The predicted molar refractivity (Wildman–Crippen MR) is 71.7 cm³/mol. The number of nitrogens with one attached hydrogen (secondary N) is 1. The van der Waals surface area contributed by atoms with E-state index in [1.54, 1.807) is 18.0 Å². The van der Waals surface area contributed by atoms with Crippen molar-refractivity contribution in [2.45, 2.75) is 13.0 Å². The summed E-state index contributed by atoms with van der Waals surface area (Å²) in [5, 5.41) is 7.60. The van der Waals surface area contributed by atoms with Gasteiger partial charge in [0.2, 0.25) is 0 Å². The Morgan fingerprint density at radius 2 is 2.33 bits per heavy atom. The number of methoxy groups -OCH3 is 1. The molecule has 1 unspecified atom stereocenters. The fourth-order valence-corrected chi connectivity index (χ4v) is 2.25. The van der Waals surface area contributed by atoms with Crippen LogP contribution in [0.25, 0.3) is 0 Å². The van der Waals surface area contributed by atoms with Gasteiger partial charge >= 0.3 is 0 Å². The van der Waals surface area contributed by atoms with Gasteiger partial charge in [-0.2, -0.15) is 5.10 Å². The summed E-state index contributed by atoms with van der Waals surface area (Å²) in [7, 11) is 3.53. The van der Waals surface area contributed by atoms with Crippen molar-refractivity contribution in [2.75, 3.05) is 13.7 Å². The van der Waals surface area contributed by atoms with Crippen LogP contribution in [0, 0.1) is 0 Å². The van der Waals surface area contributed by atoms with Crippen LogP contribution in [0.5, 0.6) is 5.75 Å². The molecule has 0 aliphatic rings. The first-order chi connectivity index (χ1) is 8.67. The Bertz CT molecular complexity index is 521. The van der Waals surface area contributed by atoms with Crippen LogP contribution in [0.1, 0.15) is 24.4 Å². The molecule has 5 nitrogen and oxygen atoms in total. The standard InChI is InChI=1S/C12H16BrN3O2/c1-4-14-11(8-5-6-10(13)18-8)12-9(17-3)7-15-16(12)2/h5-7,11,14H,4H2,1-3H3. The summed E-state index contributed by atoms with van der Waals surface area (Å²) in [4.78, 5) is 0. The molecule has 1 N–H and O–H groups in total. The molecular weight excluding hydrogens is 298 g/mol. The number of rotatable bonds is 5. The fraction of sp³-hybridized carbons (Fsp3) is 0.417. The molecular formula is C12H16BrN3O2. The van der Waals surface area contributed by atoms with Gasteiger partial charge in [0.1, 0.15) is 17.5 Å². The normalized spacial score (nSPS) is 12.7. The number of aryl methyl sites for hydroxylation is 1. The second-order valence-electron chi connectivity index (χ2n) is 3.85. The number of furan rings is 1. The Kier molecular flexibility index (Phi) is 4.08. The molecule has 0 saturated heterocycles. The van der Waals surface area contributed by atoms with E-state index in [9.17, 15) is 0 Å². The van der Waals surface area contributed by atoms with Crippen LogP contribution in [0.2, 0.25) is 0 Å². The minimum atomic E-state index is -0.0799. The number of hydrogen-bond donors (Lipinski definition) is 1. The first-order valence-electron chi connectivity index (χ1n) is 5.71. The molecule has 6 heteroatoms. The highest BCUT2D eigenvalue weighted by molar-refractivity contribution is 9.10. The van der Waals surface area contributed by atoms with E-state index in [1.165, 1.54) is 0 Å². The second-order valence-corrected chi connectivity index (χ2v) is 4.64. The van der Waals surface area contributed by atoms with Crippen LogP contribution in [-0.4, -0.2) is 23.4 Å². The van der Waals surface area contributed by atoms with Crippen molar-refractivity contribution in [3.8, 4) is 5.75 Å². The Labute approximate surface area is 114 Å². The quantitative estimate of drug-likeness (QED) is 0.921. The molecule has 1 atom stereocenters. The summed E-state index contributed by atoms with van der Waals surface area (Å²) in [5.41, 5.74) is 0.946. The first-order valence-corrected chi connectivity index (χ1v) is 6.51. The zero-order chi connectivity index (χ0) is 13.1. The average Bonchev–Trinajstić information content (AvgIpc) is 2.93. The van der Waals surface area contributed by atoms with Crippen molar-refractivity contribution in [3.05, 3.63) is 34.5 Å². The smallest absolute Gasteiger partial charge is 0.169 e. The summed E-state index contributed by atoms with van der Waals surface area (Å²) in [6.45, 7) is 2.87. The zero-order valence-electron chi connectivity index (χ0n) is 10.6. The maximum Gasteiger partial charge on any atom is 0.169 e. The van der Waals surface area contributed by atoms with Crippen molar-refractivity contribution >= 4 is 15.9 Å². The van der Waals surface area contributed by atoms with Crippen molar-refractivity contribution < 1.29 is 9.15 Å². The minimum absolute atomic E-state index is 0.0799. The van der Waals surface area contributed by atoms with Crippen LogP contribution in [0.3, 0.4) is 0 Å². The topological polar surface area (TPSA) is 52.2 Å². The van der Waals surface area contributed by atoms with E-state index >= 15 is 0 Å². The lowest BCUT2D eigenvalue weighted by atomic mass is 10.1. The number of nitrogens with zero attached hydrogens (tertiary/aromatic N) is 2. The van der Waals surface area contributed by atoms with Crippen LogP contribution in [0.4, 0.5) is 0 Å². The summed E-state index contributed by atoms with van der Waals surface area (Å²) >= 11 is 3.32. The third-order valence-corrected chi connectivity index (χ3v) is 3.16. The molecule has 0 spiro atoms. The molecule has 2 heterocycles. The Balaban J connectivity index is 2.43. The van der Waals surface area contributed by atoms with E-state index in [2.05, 4.69) is 26.3 Å². The van der Waals surface area contributed by atoms with Crippen molar-refractivity contribution in [1.82, 2.24) is 15.1 Å². The average molecular weight is 314 g/mol. The van der Waals surface area contributed by atoms with Gasteiger partial charge in [0.05, 0.1) is 13.3 Å². The highest BCUT2D eigenvalue weighted by atomic mass is 79.9. The van der Waals surface area contributed by atoms with E-state index < -0.39 is 0 Å². The Morgan fingerprint density at radius 1 is 1.56 bits per heavy atom. The lowest BCUT2D eigenvalue weighted by Gasteiger charge is -2.17. The summed E-state index contributed by atoms with van der Waals surface area (Å²) in [6, 6.07) is 3.73. The van der Waals surface area contributed by atoms with E-state index in [0.717, 1.165) is 23.7 Å². The molecule has 0 fully saturated rings. The molecule has 0 aromatic carbocycles. The molecule has 0 bridgehead atoms. The Morgan fingerprint density at radius 3 is 2.89 bits per heavy atom. The molecule has 18 heavy (non-hydrogen) atoms. The van der Waals surface area contributed by atoms with Crippen LogP contribution < -0.4 is 10.1 Å². The molecule has 2 rings (SSSR count). The fourth-order valence-electron chi connectivity index (χ4n) is 1.93. The number of hydrogen-bond acceptors (Lipinski definition) is 4. The van der Waals surface area contributed by atoms with Gasteiger partial charge in [-0.3, -0.25) is 4.68 Å². The molecule has 0 aliphatic heterocycles. The van der Waals surface area contributed by atoms with Gasteiger partial charge in [-0.05, 0) is 34.6 Å². The number of ether oxygens (including phenoxy) is 1. The molecule has 0 radical (unpaired) electrons. The molecule has 0 saturated carbocycles. The lowest BCUT2D eigenvalue weighted by Crippen LogP contribution is -2.24. The van der Waals surface area contributed by atoms with E-state index in [-0.39, 0.29) is 6.04 Å². The highest BCUT2D eigenvalue weighted by Gasteiger charge is 2.24. The largest absolute Gasteiger partial charge is 0.493 e. The third-order valence-electron chi connectivity index (χ3n) is 2.73. The van der Waals surface area contributed by atoms with Crippen LogP contribution in [-0.2, 0) is 7.05 Å². The SMILES string of the molecule is CCNC(c1ccc(Br)o1)c1c(OC)cnn1C. The van der Waals surface area contributed by atoms with Gasteiger partial charge < -0.3 is 14.5 Å². The van der Waals surface area contributed by atoms with Gasteiger partial charge in [-0.25, -0.2) is 0 Å². The lowest BCUT2D eigenvalue weighted by molar-refractivity contribution is 0.384. The summed E-state index contributed by atoms with van der Waals surface area (Å²) < 4.78 is 13.5. The number of halogens is 1. The van der Waals surface area contributed by atoms with Crippen LogP contribution in [0.15, 0.2) is 27.4 Å².